The Labute approximate surface area is 116 Å². The maximum absolute atomic E-state index is 12.3. The molecule has 0 saturated carbocycles. The minimum absolute atomic E-state index is 0.205. The monoisotopic (exact) mass is 285 g/mol. The van der Waals surface area contributed by atoms with Crippen LogP contribution in [0.1, 0.15) is 32.3 Å². The topological polar surface area (TPSA) is 57.6 Å². The van der Waals surface area contributed by atoms with Crippen molar-refractivity contribution in [1.82, 2.24) is 4.31 Å². The van der Waals surface area contributed by atoms with Gasteiger partial charge >= 0.3 is 0 Å². The molecule has 1 aromatic rings. The lowest BCUT2D eigenvalue weighted by atomic mass is 10.1. The van der Waals surface area contributed by atoms with E-state index >= 15 is 0 Å². The van der Waals surface area contributed by atoms with E-state index in [1.807, 2.05) is 20.8 Å². The second-order valence-corrected chi connectivity index (χ2v) is 6.41. The molecule has 0 radical (unpaired) electrons. The van der Waals surface area contributed by atoms with Crippen molar-refractivity contribution in [3.8, 4) is 0 Å². The summed E-state index contributed by atoms with van der Waals surface area (Å²) in [7, 11) is -3.44. The van der Waals surface area contributed by atoms with E-state index in [0.717, 1.165) is 5.56 Å². The van der Waals surface area contributed by atoms with E-state index in [2.05, 4.69) is 0 Å². The molecular weight excluding hydrogens is 262 g/mol. The van der Waals surface area contributed by atoms with E-state index in [-0.39, 0.29) is 6.54 Å². The molecule has 1 saturated heterocycles. The molecule has 1 unspecified atom stereocenters. The SMILES string of the molecule is CC.Cc1ccc(S(=O)(=O)N2CCCC(O)C2)cc1. The minimum Gasteiger partial charge on any atom is -0.392 e. The van der Waals surface area contributed by atoms with Gasteiger partial charge in [-0.15, -0.1) is 0 Å². The van der Waals surface area contributed by atoms with Gasteiger partial charge in [0, 0.05) is 13.1 Å². The highest BCUT2D eigenvalue weighted by atomic mass is 32.2. The molecule has 19 heavy (non-hydrogen) atoms. The van der Waals surface area contributed by atoms with Crippen molar-refractivity contribution in [2.45, 2.75) is 44.6 Å². The van der Waals surface area contributed by atoms with Crippen molar-refractivity contribution in [2.24, 2.45) is 0 Å². The zero-order chi connectivity index (χ0) is 14.5. The minimum atomic E-state index is -3.44. The molecule has 5 heteroatoms. The van der Waals surface area contributed by atoms with Gasteiger partial charge in [0.05, 0.1) is 11.0 Å². The molecule has 1 heterocycles. The normalized spacial score (nSPS) is 20.5. The summed E-state index contributed by atoms with van der Waals surface area (Å²) >= 11 is 0. The molecule has 0 amide bonds. The van der Waals surface area contributed by atoms with Crippen LogP contribution in [-0.2, 0) is 10.0 Å². The Kier molecular flexibility index (Phi) is 5.97. The fourth-order valence-electron chi connectivity index (χ4n) is 2.00. The third-order valence-electron chi connectivity index (χ3n) is 3.02. The summed E-state index contributed by atoms with van der Waals surface area (Å²) in [5, 5.41) is 9.53. The Morgan fingerprint density at radius 2 is 1.79 bits per heavy atom. The number of β-amino-alcohol motifs (C(OH)–C–C–N with tert-alkyl or cyclic N) is 1. The van der Waals surface area contributed by atoms with Crippen LogP contribution in [-0.4, -0.2) is 37.0 Å². The van der Waals surface area contributed by atoms with E-state index < -0.39 is 16.1 Å². The third-order valence-corrected chi connectivity index (χ3v) is 4.90. The quantitative estimate of drug-likeness (QED) is 0.906. The summed E-state index contributed by atoms with van der Waals surface area (Å²) in [6, 6.07) is 6.80. The highest BCUT2D eigenvalue weighted by Crippen LogP contribution is 2.20. The van der Waals surface area contributed by atoms with Crippen molar-refractivity contribution in [3.63, 3.8) is 0 Å². The maximum atomic E-state index is 12.3. The van der Waals surface area contributed by atoms with Crippen LogP contribution in [0.5, 0.6) is 0 Å². The highest BCUT2D eigenvalue weighted by molar-refractivity contribution is 7.89. The van der Waals surface area contributed by atoms with Crippen molar-refractivity contribution in [2.75, 3.05) is 13.1 Å². The smallest absolute Gasteiger partial charge is 0.243 e. The Balaban J connectivity index is 0.000000861. The molecule has 0 spiro atoms. The average Bonchev–Trinajstić information content (AvgIpc) is 2.41. The molecule has 0 aliphatic carbocycles. The van der Waals surface area contributed by atoms with Crippen molar-refractivity contribution >= 4 is 10.0 Å². The van der Waals surface area contributed by atoms with Crippen LogP contribution in [0.25, 0.3) is 0 Å². The number of hydrogen-bond donors (Lipinski definition) is 1. The van der Waals surface area contributed by atoms with Crippen LogP contribution < -0.4 is 0 Å². The number of sulfonamides is 1. The third kappa shape index (κ3) is 4.03. The summed E-state index contributed by atoms with van der Waals surface area (Å²) in [6.45, 7) is 6.62. The maximum Gasteiger partial charge on any atom is 0.243 e. The molecule has 1 fully saturated rings. The molecule has 1 atom stereocenters. The van der Waals surface area contributed by atoms with E-state index in [4.69, 9.17) is 0 Å². The summed E-state index contributed by atoms with van der Waals surface area (Å²) in [5.41, 5.74) is 1.03. The van der Waals surface area contributed by atoms with Gasteiger partial charge < -0.3 is 5.11 Å². The molecule has 2 rings (SSSR count). The molecule has 108 valence electrons. The Morgan fingerprint density at radius 1 is 1.21 bits per heavy atom. The predicted molar refractivity (Wildman–Crippen MR) is 76.5 cm³/mol. The second-order valence-electron chi connectivity index (χ2n) is 4.47. The number of aliphatic hydroxyl groups is 1. The molecule has 1 aliphatic rings. The van der Waals surface area contributed by atoms with Gasteiger partial charge in [-0.1, -0.05) is 31.5 Å². The van der Waals surface area contributed by atoms with Crippen molar-refractivity contribution in [3.05, 3.63) is 29.8 Å². The summed E-state index contributed by atoms with van der Waals surface area (Å²) in [4.78, 5) is 0.303. The molecule has 0 aromatic heterocycles. The number of aryl methyl sites for hydroxylation is 1. The first-order chi connectivity index (χ1) is 9.00. The Morgan fingerprint density at radius 3 is 2.32 bits per heavy atom. The summed E-state index contributed by atoms with van der Waals surface area (Å²) in [5.74, 6) is 0. The van der Waals surface area contributed by atoms with Gasteiger partial charge in [-0.2, -0.15) is 4.31 Å². The first-order valence-corrected chi connectivity index (χ1v) is 8.19. The van der Waals surface area contributed by atoms with Gasteiger partial charge in [0.25, 0.3) is 0 Å². The Bertz CT molecular complexity index is 482. The van der Waals surface area contributed by atoms with Crippen LogP contribution in [0.15, 0.2) is 29.2 Å². The van der Waals surface area contributed by atoms with Crippen LogP contribution in [0.4, 0.5) is 0 Å². The number of benzene rings is 1. The number of aliphatic hydroxyl groups excluding tert-OH is 1. The molecule has 1 aromatic carbocycles. The van der Waals surface area contributed by atoms with Crippen LogP contribution in [0.3, 0.4) is 0 Å². The van der Waals surface area contributed by atoms with Gasteiger partial charge in [-0.05, 0) is 31.9 Å². The average molecular weight is 285 g/mol. The number of hydrogen-bond acceptors (Lipinski definition) is 3. The molecular formula is C14H23NO3S. The Hall–Kier alpha value is -0.910. The largest absolute Gasteiger partial charge is 0.392 e. The van der Waals surface area contributed by atoms with E-state index in [1.165, 1.54) is 4.31 Å². The van der Waals surface area contributed by atoms with Gasteiger partial charge in [0.15, 0.2) is 0 Å². The zero-order valence-corrected chi connectivity index (χ0v) is 12.7. The second kappa shape index (κ2) is 7.03. The lowest BCUT2D eigenvalue weighted by molar-refractivity contribution is 0.108. The first kappa shape index (κ1) is 16.1. The van der Waals surface area contributed by atoms with Crippen LogP contribution >= 0.6 is 0 Å². The van der Waals surface area contributed by atoms with Gasteiger partial charge in [-0.25, -0.2) is 8.42 Å². The summed E-state index contributed by atoms with van der Waals surface area (Å²) < 4.78 is 25.9. The fourth-order valence-corrected chi connectivity index (χ4v) is 3.51. The zero-order valence-electron chi connectivity index (χ0n) is 11.8. The fraction of sp³-hybridized carbons (Fsp3) is 0.571. The lowest BCUT2D eigenvalue weighted by Gasteiger charge is -2.29. The number of rotatable bonds is 2. The molecule has 0 bridgehead atoms. The number of nitrogens with zero attached hydrogens (tertiary/aromatic N) is 1. The molecule has 4 nitrogen and oxygen atoms in total. The van der Waals surface area contributed by atoms with Gasteiger partial charge in [-0.3, -0.25) is 0 Å². The summed E-state index contributed by atoms with van der Waals surface area (Å²) in [6.07, 6.45) is 0.857. The van der Waals surface area contributed by atoms with Crippen molar-refractivity contribution < 1.29 is 13.5 Å². The predicted octanol–water partition coefficient (Wildman–Crippen LogP) is 2.17. The lowest BCUT2D eigenvalue weighted by Crippen LogP contribution is -2.42. The van der Waals surface area contributed by atoms with Crippen LogP contribution in [0, 0.1) is 6.92 Å². The highest BCUT2D eigenvalue weighted by Gasteiger charge is 2.29. The standard InChI is InChI=1S/C12H17NO3S.C2H6/c1-10-4-6-12(7-5-10)17(15,16)13-8-2-3-11(14)9-13;1-2/h4-7,11,14H,2-3,8-9H2,1H3;1-2H3. The van der Waals surface area contributed by atoms with E-state index in [1.54, 1.807) is 24.3 Å². The van der Waals surface area contributed by atoms with Gasteiger partial charge in [0.1, 0.15) is 0 Å². The van der Waals surface area contributed by atoms with E-state index in [9.17, 15) is 13.5 Å². The van der Waals surface area contributed by atoms with Gasteiger partial charge in [0.2, 0.25) is 10.0 Å². The number of piperidine rings is 1. The first-order valence-electron chi connectivity index (χ1n) is 6.75. The molecule has 1 aliphatic heterocycles. The van der Waals surface area contributed by atoms with Crippen molar-refractivity contribution in [1.29, 1.82) is 0 Å². The molecule has 1 N–H and O–H groups in total. The van der Waals surface area contributed by atoms with E-state index in [0.29, 0.717) is 24.3 Å². The van der Waals surface area contributed by atoms with Crippen LogP contribution in [0.2, 0.25) is 0 Å².